The lowest BCUT2D eigenvalue weighted by Crippen LogP contribution is -2.13. The van der Waals surface area contributed by atoms with E-state index in [4.69, 9.17) is 19.7 Å². The molecule has 0 saturated carbocycles. The molecule has 0 aromatic carbocycles. The molecule has 0 aliphatic rings. The first-order valence-corrected chi connectivity index (χ1v) is 22.1. The first-order valence-electron chi connectivity index (χ1n) is 22.1. The molecule has 0 saturated heterocycles. The Balaban J connectivity index is 3.45. The average Bonchev–Trinajstić information content (AvgIpc) is 3.12. The maximum Gasteiger partial charge on any atom is 0.313 e. The zero-order valence-electron chi connectivity index (χ0n) is 34.0. The van der Waals surface area contributed by atoms with Crippen molar-refractivity contribution < 1.29 is 48.5 Å². The van der Waals surface area contributed by atoms with Gasteiger partial charge in [0.1, 0.15) is 0 Å². The molecule has 0 spiro atoms. The third-order valence-electron chi connectivity index (χ3n) is 10.0. The first-order chi connectivity index (χ1) is 26.2. The third-order valence-corrected chi connectivity index (χ3v) is 10.0. The number of unbranched alkanes of at least 4 members (excludes halogenated alkanes) is 29. The fourth-order valence-corrected chi connectivity index (χ4v) is 6.68. The standard InChI is InChI=1S/C44H78O10/c45-39(46)33-27-23-19-15-11-7-3-1-5-9-13-17-21-25-29-35-41(49)53-43(51)37-31-32-38-44(52)54-42(50)36-30-26-22-18-14-10-6-2-4-8-12-16-20-24-28-34-40(47)48/h1-38H2,(H,45,46)(H,47,48). The van der Waals surface area contributed by atoms with Crippen LogP contribution in [0, 0.1) is 0 Å². The van der Waals surface area contributed by atoms with E-state index in [1.54, 1.807) is 0 Å². The van der Waals surface area contributed by atoms with E-state index in [9.17, 15) is 28.8 Å². The van der Waals surface area contributed by atoms with E-state index in [0.29, 0.717) is 25.7 Å². The van der Waals surface area contributed by atoms with Crippen molar-refractivity contribution in [2.45, 2.75) is 244 Å². The first kappa shape index (κ1) is 51.2. The number of ether oxygens (including phenoxy) is 2. The van der Waals surface area contributed by atoms with Crippen LogP contribution in [0.5, 0.6) is 0 Å². The highest BCUT2D eigenvalue weighted by atomic mass is 16.6. The van der Waals surface area contributed by atoms with Crippen molar-refractivity contribution in [2.24, 2.45) is 0 Å². The summed E-state index contributed by atoms with van der Waals surface area (Å²) in [6.07, 6.45) is 35.6. The quantitative estimate of drug-likeness (QED) is 0.0348. The zero-order chi connectivity index (χ0) is 39.7. The minimum absolute atomic E-state index is 0.0559. The molecule has 0 aliphatic heterocycles. The van der Waals surface area contributed by atoms with Gasteiger partial charge in [-0.05, 0) is 38.5 Å². The minimum atomic E-state index is -0.698. The highest BCUT2D eigenvalue weighted by molar-refractivity contribution is 5.86. The van der Waals surface area contributed by atoms with Crippen molar-refractivity contribution in [3.05, 3.63) is 0 Å². The molecule has 0 rings (SSSR count). The van der Waals surface area contributed by atoms with Crippen LogP contribution in [0.2, 0.25) is 0 Å². The van der Waals surface area contributed by atoms with Gasteiger partial charge < -0.3 is 19.7 Å². The Hall–Kier alpha value is -2.78. The van der Waals surface area contributed by atoms with E-state index >= 15 is 0 Å². The number of hydrogen-bond donors (Lipinski definition) is 2. The summed E-state index contributed by atoms with van der Waals surface area (Å²) >= 11 is 0. The van der Waals surface area contributed by atoms with E-state index in [0.717, 1.165) is 77.0 Å². The van der Waals surface area contributed by atoms with Gasteiger partial charge in [-0.15, -0.1) is 0 Å². The average molecular weight is 767 g/mol. The Morgan fingerprint density at radius 2 is 0.352 bits per heavy atom. The largest absolute Gasteiger partial charge is 0.481 e. The molecule has 0 aromatic heterocycles. The molecule has 10 nitrogen and oxygen atoms in total. The van der Waals surface area contributed by atoms with Crippen LogP contribution in [0.1, 0.15) is 244 Å². The summed E-state index contributed by atoms with van der Waals surface area (Å²) in [5.74, 6) is -3.53. The third kappa shape index (κ3) is 42.0. The van der Waals surface area contributed by atoms with Crippen LogP contribution >= 0.6 is 0 Å². The van der Waals surface area contributed by atoms with Gasteiger partial charge in [0.2, 0.25) is 0 Å². The molecule has 0 radical (unpaired) electrons. The number of carbonyl (C=O) groups excluding carboxylic acids is 4. The number of hydrogen-bond acceptors (Lipinski definition) is 8. The summed E-state index contributed by atoms with van der Waals surface area (Å²) in [5, 5.41) is 17.3. The van der Waals surface area contributed by atoms with E-state index in [-0.39, 0.29) is 38.5 Å². The van der Waals surface area contributed by atoms with Crippen LogP contribution in [-0.2, 0) is 38.2 Å². The van der Waals surface area contributed by atoms with Gasteiger partial charge in [0, 0.05) is 38.5 Å². The Labute approximate surface area is 327 Å². The Kier molecular flexibility index (Phi) is 37.8. The van der Waals surface area contributed by atoms with E-state index in [1.807, 2.05) is 0 Å². The van der Waals surface area contributed by atoms with Gasteiger partial charge in [-0.1, -0.05) is 167 Å². The van der Waals surface area contributed by atoms with Crippen LogP contribution < -0.4 is 0 Å². The summed E-state index contributed by atoms with van der Waals surface area (Å²) in [4.78, 5) is 68.9. The predicted molar refractivity (Wildman–Crippen MR) is 213 cm³/mol. The van der Waals surface area contributed by atoms with Gasteiger partial charge in [0.25, 0.3) is 0 Å². The predicted octanol–water partition coefficient (Wildman–Crippen LogP) is 12.1. The smallest absolute Gasteiger partial charge is 0.313 e. The van der Waals surface area contributed by atoms with Crippen LogP contribution in [-0.4, -0.2) is 46.0 Å². The number of carboxylic acid groups (broad SMARTS) is 2. The fraction of sp³-hybridized carbons (Fsp3) is 0.864. The van der Waals surface area contributed by atoms with Crippen molar-refractivity contribution in [3.8, 4) is 0 Å². The molecular weight excluding hydrogens is 688 g/mol. The number of rotatable bonds is 41. The molecule has 0 fully saturated rings. The fourth-order valence-electron chi connectivity index (χ4n) is 6.68. The molecule has 0 amide bonds. The zero-order valence-corrected chi connectivity index (χ0v) is 34.0. The summed E-state index contributed by atoms with van der Waals surface area (Å²) in [5.41, 5.74) is 0. The van der Waals surface area contributed by atoms with Crippen molar-refractivity contribution in [1.29, 1.82) is 0 Å². The molecule has 0 bridgehead atoms. The second-order valence-corrected chi connectivity index (χ2v) is 15.3. The second kappa shape index (κ2) is 39.9. The SMILES string of the molecule is O=C(O)CCCCCCCCCCCCCCCCCC(=O)OC(=O)CCCCC(=O)OC(=O)CCCCCCCCCCCCCCCCCC(=O)O. The van der Waals surface area contributed by atoms with Crippen molar-refractivity contribution in [1.82, 2.24) is 0 Å². The number of carboxylic acids is 2. The molecule has 54 heavy (non-hydrogen) atoms. The summed E-state index contributed by atoms with van der Waals surface area (Å²) in [6.45, 7) is 0. The molecule has 0 aliphatic carbocycles. The maximum atomic E-state index is 12.0. The summed E-state index contributed by atoms with van der Waals surface area (Å²) in [6, 6.07) is 0. The number of carbonyl (C=O) groups is 6. The van der Waals surface area contributed by atoms with E-state index in [1.165, 1.54) is 103 Å². The summed E-state index contributed by atoms with van der Waals surface area (Å²) in [7, 11) is 0. The molecular formula is C44H78O10. The normalized spacial score (nSPS) is 11.0. The number of esters is 4. The Bertz CT molecular complexity index is 887. The molecule has 10 heteroatoms. The van der Waals surface area contributed by atoms with Gasteiger partial charge in [-0.3, -0.25) is 28.8 Å². The van der Waals surface area contributed by atoms with Crippen LogP contribution in [0.3, 0.4) is 0 Å². The molecule has 0 unspecified atom stereocenters. The summed E-state index contributed by atoms with van der Waals surface area (Å²) < 4.78 is 9.80. The molecule has 314 valence electrons. The van der Waals surface area contributed by atoms with Gasteiger partial charge in [0.05, 0.1) is 0 Å². The van der Waals surface area contributed by atoms with Gasteiger partial charge in [-0.25, -0.2) is 0 Å². The van der Waals surface area contributed by atoms with Crippen molar-refractivity contribution in [2.75, 3.05) is 0 Å². The monoisotopic (exact) mass is 767 g/mol. The van der Waals surface area contributed by atoms with Gasteiger partial charge >= 0.3 is 35.8 Å². The van der Waals surface area contributed by atoms with Crippen LogP contribution in [0.15, 0.2) is 0 Å². The van der Waals surface area contributed by atoms with Crippen molar-refractivity contribution >= 4 is 35.8 Å². The second-order valence-electron chi connectivity index (χ2n) is 15.3. The maximum absolute atomic E-state index is 12.0. The highest BCUT2D eigenvalue weighted by Crippen LogP contribution is 2.16. The molecule has 0 heterocycles. The lowest BCUT2D eigenvalue weighted by Gasteiger charge is -2.05. The van der Waals surface area contributed by atoms with Gasteiger partial charge in [0.15, 0.2) is 0 Å². The van der Waals surface area contributed by atoms with Crippen molar-refractivity contribution in [3.63, 3.8) is 0 Å². The van der Waals surface area contributed by atoms with E-state index in [2.05, 4.69) is 0 Å². The lowest BCUT2D eigenvalue weighted by molar-refractivity contribution is -0.162. The Morgan fingerprint density at radius 1 is 0.222 bits per heavy atom. The topological polar surface area (TPSA) is 161 Å². The molecule has 2 N–H and O–H groups in total. The van der Waals surface area contributed by atoms with E-state index < -0.39 is 35.8 Å². The van der Waals surface area contributed by atoms with Gasteiger partial charge in [-0.2, -0.15) is 0 Å². The molecule has 0 aromatic rings. The molecule has 0 atom stereocenters. The highest BCUT2D eigenvalue weighted by Gasteiger charge is 2.13. The van der Waals surface area contributed by atoms with Crippen LogP contribution in [0.25, 0.3) is 0 Å². The lowest BCUT2D eigenvalue weighted by atomic mass is 10.0. The minimum Gasteiger partial charge on any atom is -0.481 e. The Morgan fingerprint density at radius 3 is 0.519 bits per heavy atom. The number of aliphatic carboxylic acids is 2. The van der Waals surface area contributed by atoms with Crippen LogP contribution in [0.4, 0.5) is 0 Å².